The topological polar surface area (TPSA) is 90.5 Å². The van der Waals surface area contributed by atoms with Crippen molar-refractivity contribution in [3.8, 4) is 11.4 Å². The highest BCUT2D eigenvalue weighted by Gasteiger charge is 2.32. The Hall–Kier alpha value is -2.56. The van der Waals surface area contributed by atoms with Gasteiger partial charge in [-0.15, -0.1) is 0 Å². The van der Waals surface area contributed by atoms with Gasteiger partial charge in [-0.2, -0.15) is 9.40 Å². The Bertz CT molecular complexity index is 1090. The van der Waals surface area contributed by atoms with Crippen LogP contribution in [-0.2, 0) is 40.0 Å². The van der Waals surface area contributed by atoms with Gasteiger partial charge in [0.05, 0.1) is 5.75 Å². The largest absolute Gasteiger partial charge is 0.451 e. The van der Waals surface area contributed by atoms with E-state index in [4.69, 9.17) is 14.3 Å². The Kier molecular flexibility index (Phi) is 5.98. The van der Waals surface area contributed by atoms with Gasteiger partial charge in [-0.25, -0.2) is 17.8 Å². The zero-order valence-electron chi connectivity index (χ0n) is 16.6. The smallest absolute Gasteiger partial charge is 0.218 e. The van der Waals surface area contributed by atoms with Gasteiger partial charge in [-0.05, 0) is 24.1 Å². The summed E-state index contributed by atoms with van der Waals surface area (Å²) in [5.74, 6) is -0.568. The third-order valence-electron chi connectivity index (χ3n) is 5.15. The molecule has 0 radical (unpaired) electrons. The molecule has 2 aromatic heterocycles. The molecule has 0 aliphatic carbocycles. The highest BCUT2D eigenvalue weighted by atomic mass is 32.2. The van der Waals surface area contributed by atoms with Crippen molar-refractivity contribution in [3.05, 3.63) is 59.6 Å². The Balaban J connectivity index is 1.61. The first-order chi connectivity index (χ1) is 14.5. The summed E-state index contributed by atoms with van der Waals surface area (Å²) in [4.78, 5) is 4.20. The molecule has 0 unspecified atom stereocenters. The van der Waals surface area contributed by atoms with E-state index in [1.54, 1.807) is 7.11 Å². The minimum atomic E-state index is -3.58. The number of oxazole rings is 1. The minimum absolute atomic E-state index is 0.177. The molecule has 0 spiro atoms. The van der Waals surface area contributed by atoms with Crippen LogP contribution in [0.4, 0.5) is 4.39 Å². The van der Waals surface area contributed by atoms with Crippen LogP contribution in [0.3, 0.4) is 0 Å². The quantitative estimate of drug-likeness (QED) is 0.506. The predicted molar refractivity (Wildman–Crippen MR) is 107 cm³/mol. The number of hydrogen-bond donors (Lipinski definition) is 0. The van der Waals surface area contributed by atoms with Gasteiger partial charge in [0.15, 0.2) is 6.39 Å². The molecule has 3 aromatic rings. The molecule has 0 saturated carbocycles. The van der Waals surface area contributed by atoms with Gasteiger partial charge in [0, 0.05) is 51.0 Å². The van der Waals surface area contributed by atoms with Crippen molar-refractivity contribution >= 4 is 10.0 Å². The first-order valence-electron chi connectivity index (χ1n) is 9.66. The summed E-state index contributed by atoms with van der Waals surface area (Å²) in [6.07, 6.45) is 4.19. The summed E-state index contributed by atoms with van der Waals surface area (Å²) in [7, 11) is -1.92. The number of ether oxygens (including phenoxy) is 1. The molecule has 0 bridgehead atoms. The average Bonchev–Trinajstić information content (AvgIpc) is 3.37. The molecular weight excluding hydrogens is 411 g/mol. The fraction of sp³-hybridized carbons (Fsp3) is 0.400. The molecule has 1 aromatic carbocycles. The second-order valence-corrected chi connectivity index (χ2v) is 9.15. The van der Waals surface area contributed by atoms with Crippen molar-refractivity contribution in [1.29, 1.82) is 0 Å². The molecule has 0 amide bonds. The first-order valence-corrected chi connectivity index (χ1v) is 11.3. The second kappa shape index (κ2) is 8.66. The summed E-state index contributed by atoms with van der Waals surface area (Å²) < 4.78 is 52.8. The number of sulfonamides is 1. The molecule has 10 heteroatoms. The summed E-state index contributed by atoms with van der Waals surface area (Å²) >= 11 is 0. The van der Waals surface area contributed by atoms with Crippen molar-refractivity contribution < 1.29 is 22.0 Å². The SMILES string of the molecule is COCCCn1nc(-c2cocn2)c2c1CCN(S(=O)(=O)Cc1ccc(F)cc1)C2. The molecule has 8 nitrogen and oxygen atoms in total. The lowest BCUT2D eigenvalue weighted by Gasteiger charge is -2.27. The molecule has 0 saturated heterocycles. The standard InChI is InChI=1S/C20H23FN4O4S/c1-28-10-2-8-25-19-7-9-24(11-17(19)20(23-25)18-12-29-14-22-18)30(26,27)13-15-3-5-16(21)6-4-15/h3-6,12,14H,2,7-11,13H2,1H3. The molecule has 3 heterocycles. The molecule has 0 N–H and O–H groups in total. The molecule has 160 valence electrons. The average molecular weight is 434 g/mol. The Morgan fingerprint density at radius 2 is 2.07 bits per heavy atom. The van der Waals surface area contributed by atoms with E-state index in [0.29, 0.717) is 43.1 Å². The number of benzene rings is 1. The number of methoxy groups -OCH3 is 1. The van der Waals surface area contributed by atoms with Crippen LogP contribution in [0.1, 0.15) is 23.2 Å². The molecule has 0 atom stereocenters. The Morgan fingerprint density at radius 3 is 2.77 bits per heavy atom. The van der Waals surface area contributed by atoms with Crippen molar-refractivity contribution in [2.75, 3.05) is 20.3 Å². The second-order valence-electron chi connectivity index (χ2n) is 7.18. The zero-order valence-corrected chi connectivity index (χ0v) is 17.4. The lowest BCUT2D eigenvalue weighted by Crippen LogP contribution is -2.37. The zero-order chi connectivity index (χ0) is 21.1. The van der Waals surface area contributed by atoms with E-state index in [9.17, 15) is 12.8 Å². The van der Waals surface area contributed by atoms with E-state index >= 15 is 0 Å². The lowest BCUT2D eigenvalue weighted by atomic mass is 10.1. The van der Waals surface area contributed by atoms with Crippen LogP contribution in [0.25, 0.3) is 11.4 Å². The fourth-order valence-corrected chi connectivity index (χ4v) is 5.16. The summed E-state index contributed by atoms with van der Waals surface area (Å²) in [6.45, 7) is 1.87. The van der Waals surface area contributed by atoms with Crippen LogP contribution in [0.15, 0.2) is 41.3 Å². The van der Waals surface area contributed by atoms with Gasteiger partial charge in [0.25, 0.3) is 0 Å². The third kappa shape index (κ3) is 4.30. The van der Waals surface area contributed by atoms with Crippen molar-refractivity contribution in [1.82, 2.24) is 19.1 Å². The molecule has 30 heavy (non-hydrogen) atoms. The number of hydrogen-bond acceptors (Lipinski definition) is 6. The van der Waals surface area contributed by atoms with Crippen LogP contribution in [0.5, 0.6) is 0 Å². The van der Waals surface area contributed by atoms with Crippen LogP contribution in [0, 0.1) is 5.82 Å². The van der Waals surface area contributed by atoms with E-state index in [1.165, 1.54) is 41.2 Å². The number of halogens is 1. The Labute approximate surface area is 174 Å². The maximum atomic E-state index is 13.1. The fourth-order valence-electron chi connectivity index (χ4n) is 3.66. The Morgan fingerprint density at radius 1 is 1.27 bits per heavy atom. The van der Waals surface area contributed by atoms with Crippen LogP contribution in [-0.4, -0.2) is 47.7 Å². The number of aryl methyl sites for hydroxylation is 1. The highest BCUT2D eigenvalue weighted by Crippen LogP contribution is 2.31. The summed E-state index contributed by atoms with van der Waals surface area (Å²) in [5.41, 5.74) is 3.62. The van der Waals surface area contributed by atoms with Gasteiger partial charge < -0.3 is 9.15 Å². The highest BCUT2D eigenvalue weighted by molar-refractivity contribution is 7.88. The van der Waals surface area contributed by atoms with Crippen molar-refractivity contribution in [3.63, 3.8) is 0 Å². The van der Waals surface area contributed by atoms with Gasteiger partial charge in [-0.3, -0.25) is 4.68 Å². The minimum Gasteiger partial charge on any atom is -0.451 e. The normalized spacial score (nSPS) is 14.7. The first kappa shape index (κ1) is 20.7. The number of aromatic nitrogens is 3. The monoisotopic (exact) mass is 434 g/mol. The molecule has 0 fully saturated rings. The lowest BCUT2D eigenvalue weighted by molar-refractivity contribution is 0.188. The van der Waals surface area contributed by atoms with Crippen LogP contribution in [0.2, 0.25) is 0 Å². The number of rotatable bonds is 8. The van der Waals surface area contributed by atoms with Crippen molar-refractivity contribution in [2.24, 2.45) is 0 Å². The third-order valence-corrected chi connectivity index (χ3v) is 6.94. The van der Waals surface area contributed by atoms with Crippen LogP contribution < -0.4 is 0 Å². The molecule has 1 aliphatic heterocycles. The van der Waals surface area contributed by atoms with E-state index in [-0.39, 0.29) is 12.3 Å². The molecular formula is C20H23FN4O4S. The van der Waals surface area contributed by atoms with E-state index in [1.807, 2.05) is 4.68 Å². The maximum Gasteiger partial charge on any atom is 0.218 e. The van der Waals surface area contributed by atoms with E-state index in [2.05, 4.69) is 4.98 Å². The van der Waals surface area contributed by atoms with E-state index in [0.717, 1.165) is 17.7 Å². The molecule has 1 aliphatic rings. The summed E-state index contributed by atoms with van der Waals surface area (Å²) in [5, 5.41) is 4.69. The number of nitrogens with zero attached hydrogens (tertiary/aromatic N) is 4. The van der Waals surface area contributed by atoms with Gasteiger partial charge in [0.1, 0.15) is 23.5 Å². The van der Waals surface area contributed by atoms with Gasteiger partial charge in [0.2, 0.25) is 10.0 Å². The predicted octanol–water partition coefficient (Wildman–Crippen LogP) is 2.60. The number of fused-ring (bicyclic) bond motifs is 1. The van der Waals surface area contributed by atoms with E-state index < -0.39 is 15.8 Å². The summed E-state index contributed by atoms with van der Waals surface area (Å²) in [6, 6.07) is 5.53. The van der Waals surface area contributed by atoms with Crippen LogP contribution >= 0.6 is 0 Å². The molecule has 4 rings (SSSR count). The van der Waals surface area contributed by atoms with Gasteiger partial charge >= 0.3 is 0 Å². The van der Waals surface area contributed by atoms with Gasteiger partial charge in [-0.1, -0.05) is 12.1 Å². The van der Waals surface area contributed by atoms with Crippen molar-refractivity contribution in [2.45, 2.75) is 31.7 Å². The maximum absolute atomic E-state index is 13.1.